The lowest BCUT2D eigenvalue weighted by Crippen LogP contribution is -2.17. The van der Waals surface area contributed by atoms with Gasteiger partial charge in [0.15, 0.2) is 11.5 Å². The first kappa shape index (κ1) is 27.3. The molecule has 2 rings (SSSR count). The van der Waals surface area contributed by atoms with E-state index >= 15 is 0 Å². The van der Waals surface area contributed by atoms with E-state index in [9.17, 15) is 13.2 Å². The predicted octanol–water partition coefficient (Wildman–Crippen LogP) is 3.40. The van der Waals surface area contributed by atoms with E-state index in [1.807, 2.05) is 18.2 Å². The van der Waals surface area contributed by atoms with Crippen LogP contribution in [0.4, 0.5) is 0 Å². The first-order valence-electron chi connectivity index (χ1n) is 10.3. The molecule has 0 aliphatic carbocycles. The summed E-state index contributed by atoms with van der Waals surface area (Å²) in [5, 5.41) is 3.49. The summed E-state index contributed by atoms with van der Waals surface area (Å²) in [5.41, 5.74) is 6.68. The first-order valence-corrected chi connectivity index (χ1v) is 12.2. The van der Waals surface area contributed by atoms with E-state index in [0.29, 0.717) is 29.2 Å². The molecule has 9 nitrogen and oxygen atoms in total. The van der Waals surface area contributed by atoms with Gasteiger partial charge in [0.25, 0.3) is 10.1 Å². The van der Waals surface area contributed by atoms with Gasteiger partial charge in [0.1, 0.15) is 0 Å². The molecule has 1 aromatic heterocycles. The summed E-state index contributed by atoms with van der Waals surface area (Å²) in [5.74, 6) is 1.84. The van der Waals surface area contributed by atoms with Crippen molar-refractivity contribution in [2.24, 2.45) is 11.7 Å². The number of primary amides is 1. The van der Waals surface area contributed by atoms with Crippen LogP contribution in [0.3, 0.4) is 0 Å². The van der Waals surface area contributed by atoms with Crippen molar-refractivity contribution in [1.82, 2.24) is 10.3 Å². The minimum absolute atomic E-state index is 0.337. The molecule has 0 spiro atoms. The van der Waals surface area contributed by atoms with Crippen molar-refractivity contribution in [3.63, 3.8) is 0 Å². The van der Waals surface area contributed by atoms with Crippen molar-refractivity contribution in [1.29, 1.82) is 0 Å². The highest BCUT2D eigenvalue weighted by Gasteiger charge is 2.09. The number of methoxy groups -OCH3 is 1. The Morgan fingerprint density at radius 1 is 1.19 bits per heavy atom. The lowest BCUT2D eigenvalue weighted by molar-refractivity contribution is 0.1000. The number of amides is 1. The first-order chi connectivity index (χ1) is 15.1. The van der Waals surface area contributed by atoms with Gasteiger partial charge in [0.2, 0.25) is 11.8 Å². The highest BCUT2D eigenvalue weighted by molar-refractivity contribution is 7.85. The summed E-state index contributed by atoms with van der Waals surface area (Å²) in [7, 11) is -2.06. The lowest BCUT2D eigenvalue weighted by atomic mass is 10.00. The largest absolute Gasteiger partial charge is 0.493 e. The molecule has 178 valence electrons. The molecular formula is C22H33N3O6S. The molecule has 1 heterocycles. The van der Waals surface area contributed by atoms with Crippen LogP contribution in [0.5, 0.6) is 17.4 Å². The second-order valence-electron chi connectivity index (χ2n) is 7.22. The second kappa shape index (κ2) is 13.7. The second-order valence-corrected chi connectivity index (χ2v) is 8.68. The summed E-state index contributed by atoms with van der Waals surface area (Å²) >= 11 is 0. The smallest absolute Gasteiger partial charge is 0.261 e. The van der Waals surface area contributed by atoms with Crippen molar-refractivity contribution in [3.05, 3.63) is 47.7 Å². The third kappa shape index (κ3) is 11.1. The summed E-state index contributed by atoms with van der Waals surface area (Å²) in [4.78, 5) is 15.2. The number of benzene rings is 1. The van der Waals surface area contributed by atoms with Crippen LogP contribution in [0.1, 0.15) is 49.0 Å². The summed E-state index contributed by atoms with van der Waals surface area (Å²) < 4.78 is 37.1. The number of aromatic nitrogens is 1. The van der Waals surface area contributed by atoms with Crippen molar-refractivity contribution in [3.8, 4) is 17.4 Å². The standard InChI is InChI=1S/C21H29N3O3.CH4O3S/c1-4-15(5-2)10-11-23-13-16-6-8-18(19(12-16)26-3)27-20-9-7-17(14-24-20)21(22)25;1-5(2,3)4/h6-9,12,14-15,23H,4-5,10-11,13H2,1-3H3,(H2,22,25);1H3,(H,2,3,4). The van der Waals surface area contributed by atoms with Crippen LogP contribution in [-0.2, 0) is 16.7 Å². The fourth-order valence-corrected chi connectivity index (χ4v) is 2.84. The Hall–Kier alpha value is -2.69. The van der Waals surface area contributed by atoms with Gasteiger partial charge in [-0.15, -0.1) is 0 Å². The maximum Gasteiger partial charge on any atom is 0.261 e. The van der Waals surface area contributed by atoms with Gasteiger partial charge in [-0.2, -0.15) is 8.42 Å². The average molecular weight is 468 g/mol. The Morgan fingerprint density at radius 2 is 1.84 bits per heavy atom. The fourth-order valence-electron chi connectivity index (χ4n) is 2.84. The number of carbonyl (C=O) groups excluding carboxylic acids is 1. The average Bonchev–Trinajstić information content (AvgIpc) is 2.74. The lowest BCUT2D eigenvalue weighted by Gasteiger charge is -2.14. The molecule has 2 aromatic rings. The Balaban J connectivity index is 0.000000920. The molecule has 0 fully saturated rings. The highest BCUT2D eigenvalue weighted by Crippen LogP contribution is 2.31. The van der Waals surface area contributed by atoms with Crippen molar-refractivity contribution >= 4 is 16.0 Å². The molecule has 0 unspecified atom stereocenters. The Kier molecular flexibility index (Phi) is 11.7. The van der Waals surface area contributed by atoms with Crippen LogP contribution in [0.2, 0.25) is 0 Å². The van der Waals surface area contributed by atoms with Gasteiger partial charge in [-0.25, -0.2) is 4.98 Å². The Morgan fingerprint density at radius 3 is 2.34 bits per heavy atom. The van der Waals surface area contributed by atoms with Crippen molar-refractivity contribution in [2.75, 3.05) is 19.9 Å². The highest BCUT2D eigenvalue weighted by atomic mass is 32.2. The molecule has 0 aliphatic rings. The van der Waals surface area contributed by atoms with Crippen LogP contribution >= 0.6 is 0 Å². The number of rotatable bonds is 11. The number of nitrogens with zero attached hydrogens (tertiary/aromatic N) is 1. The molecule has 0 saturated heterocycles. The number of pyridine rings is 1. The van der Waals surface area contributed by atoms with Crippen molar-refractivity contribution < 1.29 is 27.2 Å². The van der Waals surface area contributed by atoms with Crippen LogP contribution in [0.25, 0.3) is 0 Å². The molecule has 0 radical (unpaired) electrons. The minimum atomic E-state index is -3.67. The molecule has 0 atom stereocenters. The molecule has 32 heavy (non-hydrogen) atoms. The third-order valence-corrected chi connectivity index (χ3v) is 4.68. The molecular weight excluding hydrogens is 434 g/mol. The maximum atomic E-state index is 11.1. The van der Waals surface area contributed by atoms with Gasteiger partial charge in [-0.1, -0.05) is 32.8 Å². The Labute approximate surface area is 190 Å². The third-order valence-electron chi connectivity index (χ3n) is 4.68. The van der Waals surface area contributed by atoms with Crippen LogP contribution in [-0.4, -0.2) is 43.8 Å². The number of carbonyl (C=O) groups is 1. The van der Waals surface area contributed by atoms with Crippen LogP contribution in [0, 0.1) is 5.92 Å². The number of nitrogens with two attached hydrogens (primary N) is 1. The van der Waals surface area contributed by atoms with Crippen LogP contribution in [0.15, 0.2) is 36.5 Å². The van der Waals surface area contributed by atoms with Crippen molar-refractivity contribution in [2.45, 2.75) is 39.7 Å². The van der Waals surface area contributed by atoms with Gasteiger partial charge in [0, 0.05) is 18.8 Å². The number of hydrogen-bond donors (Lipinski definition) is 3. The van der Waals surface area contributed by atoms with E-state index < -0.39 is 16.0 Å². The SMILES string of the molecule is CCC(CC)CCNCc1ccc(Oc2ccc(C(N)=O)cn2)c(OC)c1.CS(=O)(=O)O. The zero-order valence-corrected chi connectivity index (χ0v) is 19.8. The van der Waals surface area contributed by atoms with Gasteiger partial charge in [-0.3, -0.25) is 9.35 Å². The summed E-state index contributed by atoms with van der Waals surface area (Å²) in [6.45, 7) is 6.27. The van der Waals surface area contributed by atoms with Gasteiger partial charge < -0.3 is 20.5 Å². The zero-order valence-electron chi connectivity index (χ0n) is 19.0. The normalized spacial score (nSPS) is 10.9. The molecule has 1 aromatic carbocycles. The molecule has 4 N–H and O–H groups in total. The minimum Gasteiger partial charge on any atom is -0.493 e. The molecule has 1 amide bonds. The Bertz CT molecular complexity index is 937. The topological polar surface area (TPSA) is 141 Å². The predicted molar refractivity (Wildman–Crippen MR) is 124 cm³/mol. The monoisotopic (exact) mass is 467 g/mol. The van der Waals surface area contributed by atoms with Gasteiger partial charge in [-0.05, 0) is 42.6 Å². The van der Waals surface area contributed by atoms with Gasteiger partial charge >= 0.3 is 0 Å². The zero-order chi connectivity index (χ0) is 24.1. The quantitative estimate of drug-likeness (QED) is 0.337. The van der Waals surface area contributed by atoms with Gasteiger partial charge in [0.05, 0.1) is 18.9 Å². The summed E-state index contributed by atoms with van der Waals surface area (Å²) in [6, 6.07) is 9.00. The number of ether oxygens (including phenoxy) is 2. The van der Waals surface area contributed by atoms with E-state index in [4.69, 9.17) is 19.8 Å². The number of nitrogens with one attached hydrogen (secondary N) is 1. The van der Waals surface area contributed by atoms with E-state index in [1.54, 1.807) is 19.2 Å². The fraction of sp³-hybridized carbons (Fsp3) is 0.455. The molecule has 10 heteroatoms. The molecule has 0 bridgehead atoms. The summed E-state index contributed by atoms with van der Waals surface area (Å²) in [6.07, 6.45) is 5.76. The van der Waals surface area contributed by atoms with E-state index in [2.05, 4.69) is 24.1 Å². The number of hydrogen-bond acceptors (Lipinski definition) is 7. The van der Waals surface area contributed by atoms with E-state index in [-0.39, 0.29) is 0 Å². The van der Waals surface area contributed by atoms with E-state index in [0.717, 1.165) is 24.6 Å². The molecule has 0 aliphatic heterocycles. The van der Waals surface area contributed by atoms with E-state index in [1.165, 1.54) is 25.5 Å². The van der Waals surface area contributed by atoms with Crippen LogP contribution < -0.4 is 20.5 Å². The molecule has 0 saturated carbocycles. The maximum absolute atomic E-state index is 11.1.